The molecule has 0 aliphatic rings. The van der Waals surface area contributed by atoms with Gasteiger partial charge in [0.15, 0.2) is 7.28 Å². The molecular formula is C11H20BN3S. The standard InChI is InChI=1S/C11H20BN3S/c1-10(2,11(3,4)16)7-12-8-5-14-9(13)15-6-8/h5-6,12,16H,7H2,1-4H3,(H2,13,14,15). The highest BCUT2D eigenvalue weighted by Gasteiger charge is 2.33. The maximum atomic E-state index is 5.44. The normalized spacial score (nSPS) is 12.6. The highest BCUT2D eigenvalue weighted by molar-refractivity contribution is 7.81. The van der Waals surface area contributed by atoms with E-state index < -0.39 is 0 Å². The molecule has 0 aliphatic carbocycles. The monoisotopic (exact) mass is 237 g/mol. The topological polar surface area (TPSA) is 51.8 Å². The molecule has 0 aromatic carbocycles. The van der Waals surface area contributed by atoms with Crippen LogP contribution in [0.4, 0.5) is 5.95 Å². The van der Waals surface area contributed by atoms with Crippen LogP contribution in [-0.4, -0.2) is 22.0 Å². The number of nitrogen functional groups attached to an aromatic ring is 1. The highest BCUT2D eigenvalue weighted by Crippen LogP contribution is 2.38. The Kier molecular flexibility index (Phi) is 3.89. The summed E-state index contributed by atoms with van der Waals surface area (Å²) in [5.74, 6) is 0.331. The van der Waals surface area contributed by atoms with Crippen molar-refractivity contribution < 1.29 is 0 Å². The minimum atomic E-state index is 0.00165. The number of hydrogen-bond acceptors (Lipinski definition) is 4. The predicted octanol–water partition coefficient (Wildman–Crippen LogP) is 1.27. The Morgan fingerprint density at radius 1 is 1.25 bits per heavy atom. The SMILES string of the molecule is CC(C)(S)C(C)(C)CBc1cnc(N)nc1. The van der Waals surface area contributed by atoms with E-state index in [2.05, 4.69) is 50.3 Å². The van der Waals surface area contributed by atoms with Crippen LogP contribution in [-0.2, 0) is 0 Å². The first kappa shape index (κ1) is 13.4. The summed E-state index contributed by atoms with van der Waals surface area (Å²) in [6.07, 6.45) is 4.64. The van der Waals surface area contributed by atoms with Gasteiger partial charge in [-0.15, -0.1) is 0 Å². The van der Waals surface area contributed by atoms with E-state index in [4.69, 9.17) is 5.73 Å². The molecule has 3 nitrogen and oxygen atoms in total. The van der Waals surface area contributed by atoms with E-state index in [1.54, 1.807) is 12.4 Å². The third-order valence-electron chi connectivity index (χ3n) is 3.42. The Labute approximate surface area is 104 Å². The number of anilines is 1. The van der Waals surface area contributed by atoms with Crippen LogP contribution in [0.15, 0.2) is 12.4 Å². The fraction of sp³-hybridized carbons (Fsp3) is 0.636. The second-order valence-corrected chi connectivity index (χ2v) is 6.51. The maximum absolute atomic E-state index is 5.44. The third kappa shape index (κ3) is 3.40. The van der Waals surface area contributed by atoms with Gasteiger partial charge >= 0.3 is 0 Å². The molecule has 88 valence electrons. The van der Waals surface area contributed by atoms with Gasteiger partial charge in [0.05, 0.1) is 0 Å². The van der Waals surface area contributed by atoms with E-state index in [1.165, 1.54) is 0 Å². The molecule has 1 aromatic rings. The van der Waals surface area contributed by atoms with Crippen LogP contribution in [0.1, 0.15) is 27.7 Å². The summed E-state index contributed by atoms with van der Waals surface area (Å²) in [5, 5.41) is 0. The van der Waals surface area contributed by atoms with E-state index >= 15 is 0 Å². The molecule has 0 radical (unpaired) electrons. The van der Waals surface area contributed by atoms with Crippen molar-refractivity contribution in [3.8, 4) is 0 Å². The molecule has 0 spiro atoms. The quantitative estimate of drug-likeness (QED) is 0.612. The predicted molar refractivity (Wildman–Crippen MR) is 74.9 cm³/mol. The Balaban J connectivity index is 2.61. The van der Waals surface area contributed by atoms with Crippen LogP contribution >= 0.6 is 12.6 Å². The number of rotatable bonds is 4. The average Bonchev–Trinajstić information content (AvgIpc) is 2.15. The Morgan fingerprint density at radius 3 is 2.19 bits per heavy atom. The van der Waals surface area contributed by atoms with Crippen molar-refractivity contribution in [2.45, 2.75) is 38.8 Å². The largest absolute Gasteiger partial charge is 0.368 e. The maximum Gasteiger partial charge on any atom is 0.219 e. The number of nitrogens with zero attached hydrogens (tertiary/aromatic N) is 2. The molecule has 1 aromatic heterocycles. The van der Waals surface area contributed by atoms with E-state index in [1.807, 2.05) is 0 Å². The third-order valence-corrected chi connectivity index (χ3v) is 4.03. The van der Waals surface area contributed by atoms with E-state index in [9.17, 15) is 0 Å². The van der Waals surface area contributed by atoms with Gasteiger partial charge in [-0.1, -0.05) is 34.0 Å². The molecule has 0 amide bonds. The van der Waals surface area contributed by atoms with Crippen molar-refractivity contribution in [1.29, 1.82) is 0 Å². The molecule has 2 N–H and O–H groups in total. The van der Waals surface area contributed by atoms with Gasteiger partial charge in [-0.25, -0.2) is 9.97 Å². The Hall–Kier alpha value is -0.705. The molecule has 0 atom stereocenters. The summed E-state index contributed by atoms with van der Waals surface area (Å²) in [7, 11) is 0.956. The molecule has 1 rings (SSSR count). The minimum Gasteiger partial charge on any atom is -0.368 e. The van der Waals surface area contributed by atoms with E-state index in [0.29, 0.717) is 5.95 Å². The summed E-state index contributed by atoms with van der Waals surface area (Å²) in [6.45, 7) is 8.77. The second-order valence-electron chi connectivity index (χ2n) is 5.39. The van der Waals surface area contributed by atoms with Gasteiger partial charge in [0, 0.05) is 17.1 Å². The van der Waals surface area contributed by atoms with Gasteiger partial charge in [0.1, 0.15) is 0 Å². The zero-order valence-electron chi connectivity index (χ0n) is 10.5. The van der Waals surface area contributed by atoms with Gasteiger partial charge in [-0.05, 0) is 10.9 Å². The number of aromatic nitrogens is 2. The smallest absolute Gasteiger partial charge is 0.219 e. The zero-order chi connectivity index (χ0) is 12.4. The van der Waals surface area contributed by atoms with Crippen molar-refractivity contribution in [3.63, 3.8) is 0 Å². The lowest BCUT2D eigenvalue weighted by atomic mass is 9.57. The van der Waals surface area contributed by atoms with Crippen molar-refractivity contribution >= 4 is 31.3 Å². The fourth-order valence-electron chi connectivity index (χ4n) is 1.26. The van der Waals surface area contributed by atoms with Crippen molar-refractivity contribution in [2.75, 3.05) is 5.73 Å². The first-order valence-electron chi connectivity index (χ1n) is 5.51. The average molecular weight is 237 g/mol. The van der Waals surface area contributed by atoms with Crippen LogP contribution in [0, 0.1) is 5.41 Å². The summed E-state index contributed by atoms with van der Waals surface area (Å²) in [4.78, 5) is 7.98. The summed E-state index contributed by atoms with van der Waals surface area (Å²) in [6, 6.07) is 0. The van der Waals surface area contributed by atoms with Gasteiger partial charge in [0.25, 0.3) is 0 Å². The van der Waals surface area contributed by atoms with Crippen molar-refractivity contribution in [1.82, 2.24) is 9.97 Å². The number of nitrogens with two attached hydrogens (primary N) is 1. The Bertz CT molecular complexity index is 343. The molecule has 0 saturated heterocycles. The summed E-state index contributed by atoms with van der Waals surface area (Å²) >= 11 is 4.65. The highest BCUT2D eigenvalue weighted by atomic mass is 32.1. The molecule has 0 saturated carbocycles. The van der Waals surface area contributed by atoms with Crippen molar-refractivity contribution in [2.24, 2.45) is 5.41 Å². The van der Waals surface area contributed by atoms with Crippen LogP contribution in [0.2, 0.25) is 6.32 Å². The first-order chi connectivity index (χ1) is 7.22. The molecule has 0 bridgehead atoms. The first-order valence-corrected chi connectivity index (χ1v) is 5.96. The van der Waals surface area contributed by atoms with Crippen LogP contribution < -0.4 is 11.2 Å². The van der Waals surface area contributed by atoms with Crippen molar-refractivity contribution in [3.05, 3.63) is 12.4 Å². The molecule has 0 aliphatic heterocycles. The van der Waals surface area contributed by atoms with E-state index in [0.717, 1.165) is 19.1 Å². The van der Waals surface area contributed by atoms with Gasteiger partial charge in [-0.3, -0.25) is 0 Å². The molecule has 0 unspecified atom stereocenters. The van der Waals surface area contributed by atoms with Gasteiger partial charge in [0.2, 0.25) is 5.95 Å². The van der Waals surface area contributed by atoms with Crippen LogP contribution in [0.5, 0.6) is 0 Å². The lowest BCUT2D eigenvalue weighted by molar-refractivity contribution is 0.322. The van der Waals surface area contributed by atoms with Gasteiger partial charge in [-0.2, -0.15) is 12.6 Å². The number of thiol groups is 1. The Morgan fingerprint density at radius 2 is 1.75 bits per heavy atom. The number of hydrogen-bond donors (Lipinski definition) is 2. The summed E-state index contributed by atoms with van der Waals surface area (Å²) < 4.78 is 0.00165. The second kappa shape index (κ2) is 4.66. The molecular weight excluding hydrogens is 217 g/mol. The molecule has 16 heavy (non-hydrogen) atoms. The minimum absolute atomic E-state index is 0.00165. The lowest BCUT2D eigenvalue weighted by Crippen LogP contribution is -2.36. The fourth-order valence-corrected chi connectivity index (χ4v) is 1.37. The van der Waals surface area contributed by atoms with Crippen LogP contribution in [0.3, 0.4) is 0 Å². The summed E-state index contributed by atoms with van der Waals surface area (Å²) in [5.41, 5.74) is 6.73. The van der Waals surface area contributed by atoms with E-state index in [-0.39, 0.29) is 10.2 Å². The van der Waals surface area contributed by atoms with Crippen LogP contribution in [0.25, 0.3) is 0 Å². The zero-order valence-corrected chi connectivity index (χ0v) is 11.4. The molecule has 5 heteroatoms. The molecule has 1 heterocycles. The molecule has 0 fully saturated rings. The lowest BCUT2D eigenvalue weighted by Gasteiger charge is -2.38. The van der Waals surface area contributed by atoms with Gasteiger partial charge < -0.3 is 5.73 Å².